The van der Waals surface area contributed by atoms with Crippen molar-refractivity contribution in [2.45, 2.75) is 70.3 Å². The van der Waals surface area contributed by atoms with Crippen molar-refractivity contribution in [3.8, 4) is 0 Å². The molecule has 14 heteroatoms. The Morgan fingerprint density at radius 3 is 2.00 bits per heavy atom. The minimum Gasteiger partial charge on any atom is -0.480 e. The predicted molar refractivity (Wildman–Crippen MR) is 126 cm³/mol. The van der Waals surface area contributed by atoms with E-state index in [9.17, 15) is 29.4 Å². The fourth-order valence-electron chi connectivity index (χ4n) is 2.74. The highest BCUT2D eigenvalue weighted by atomic mass is 32.1. The number of amides is 3. The standard InChI is InChI=1S/C19H37N7O6S/c1-9(2)7-12(18(31)32)24-17(30)14(10(3)27)26-16(29)13(8-33)25-15(28)11(20)5-4-6-23-19(21)22/h9-14,27,33H,4-8,20H2,1-3H3,(H,24,30)(H,25,28)(H,26,29)(H,31,32)(H4,21,22,23). The van der Waals surface area contributed by atoms with Crippen LogP contribution in [0.1, 0.15) is 40.0 Å². The second kappa shape index (κ2) is 15.3. The number of aliphatic carboxylic acids is 1. The molecule has 13 nitrogen and oxygen atoms in total. The molecule has 0 bridgehead atoms. The molecule has 0 aliphatic rings. The molecule has 0 rings (SSSR count). The minimum atomic E-state index is -1.45. The molecule has 0 saturated heterocycles. The van der Waals surface area contributed by atoms with Gasteiger partial charge in [0.2, 0.25) is 17.7 Å². The lowest BCUT2D eigenvalue weighted by Gasteiger charge is -2.26. The predicted octanol–water partition coefficient (Wildman–Crippen LogP) is -2.74. The zero-order valence-corrected chi connectivity index (χ0v) is 20.0. The van der Waals surface area contributed by atoms with Crippen molar-refractivity contribution < 1.29 is 29.4 Å². The van der Waals surface area contributed by atoms with Crippen LogP contribution in [0.4, 0.5) is 0 Å². The number of carbonyl (C=O) groups excluding carboxylic acids is 3. The van der Waals surface area contributed by atoms with Gasteiger partial charge in [0.1, 0.15) is 18.1 Å². The molecular weight excluding hydrogens is 454 g/mol. The summed E-state index contributed by atoms with van der Waals surface area (Å²) < 4.78 is 0. The summed E-state index contributed by atoms with van der Waals surface area (Å²) in [4.78, 5) is 52.6. The van der Waals surface area contributed by atoms with Gasteiger partial charge in [-0.15, -0.1) is 0 Å². The first kappa shape index (κ1) is 30.4. The number of nitrogens with one attached hydrogen (secondary N) is 3. The number of nitrogens with two attached hydrogens (primary N) is 3. The number of nitrogens with zero attached hydrogens (tertiary/aromatic N) is 1. The van der Waals surface area contributed by atoms with E-state index in [2.05, 4.69) is 33.6 Å². The van der Waals surface area contributed by atoms with Gasteiger partial charge < -0.3 is 43.4 Å². The van der Waals surface area contributed by atoms with Crippen molar-refractivity contribution in [3.05, 3.63) is 0 Å². The van der Waals surface area contributed by atoms with Gasteiger partial charge in [-0.25, -0.2) is 4.79 Å². The van der Waals surface area contributed by atoms with Gasteiger partial charge in [0.25, 0.3) is 0 Å². The number of hydrogen-bond donors (Lipinski definition) is 9. The zero-order chi connectivity index (χ0) is 25.7. The second-order valence-corrected chi connectivity index (χ2v) is 8.42. The number of carboxylic acid groups (broad SMARTS) is 1. The second-order valence-electron chi connectivity index (χ2n) is 8.05. The largest absolute Gasteiger partial charge is 0.480 e. The fraction of sp³-hybridized carbons (Fsp3) is 0.737. The smallest absolute Gasteiger partial charge is 0.326 e. The number of carboxylic acids is 1. The average Bonchev–Trinajstić information content (AvgIpc) is 2.71. The lowest BCUT2D eigenvalue weighted by molar-refractivity contribution is -0.143. The minimum absolute atomic E-state index is 0.0153. The Kier molecular flexibility index (Phi) is 14.1. The van der Waals surface area contributed by atoms with Crippen molar-refractivity contribution in [1.29, 1.82) is 0 Å². The van der Waals surface area contributed by atoms with Crippen molar-refractivity contribution in [2.24, 2.45) is 28.1 Å². The molecule has 0 aromatic heterocycles. The number of rotatable bonds is 15. The van der Waals surface area contributed by atoms with Gasteiger partial charge >= 0.3 is 5.97 Å². The quantitative estimate of drug-likeness (QED) is 0.0499. The van der Waals surface area contributed by atoms with E-state index in [0.717, 1.165) is 0 Å². The van der Waals surface area contributed by atoms with E-state index in [4.69, 9.17) is 17.2 Å². The number of carbonyl (C=O) groups is 4. The molecule has 0 saturated carbocycles. The van der Waals surface area contributed by atoms with Crippen molar-refractivity contribution in [1.82, 2.24) is 16.0 Å². The first-order chi connectivity index (χ1) is 15.3. The number of guanidine groups is 1. The highest BCUT2D eigenvalue weighted by molar-refractivity contribution is 7.80. The average molecular weight is 492 g/mol. The highest BCUT2D eigenvalue weighted by Crippen LogP contribution is 2.06. The summed E-state index contributed by atoms with van der Waals surface area (Å²) in [6, 6.07) is -4.71. The molecule has 0 aromatic rings. The third-order valence-corrected chi connectivity index (χ3v) is 4.87. The molecule has 5 unspecified atom stereocenters. The molecule has 5 atom stereocenters. The summed E-state index contributed by atoms with van der Waals surface area (Å²) in [5.74, 6) is -3.71. The van der Waals surface area contributed by atoms with E-state index in [1.165, 1.54) is 6.92 Å². The maximum atomic E-state index is 12.6. The zero-order valence-electron chi connectivity index (χ0n) is 19.2. The van der Waals surface area contributed by atoms with Crippen LogP contribution in [0.25, 0.3) is 0 Å². The summed E-state index contributed by atoms with van der Waals surface area (Å²) in [6.07, 6.45) is -0.473. The van der Waals surface area contributed by atoms with Crippen LogP contribution in [0.5, 0.6) is 0 Å². The van der Waals surface area contributed by atoms with Gasteiger partial charge in [-0.1, -0.05) is 13.8 Å². The van der Waals surface area contributed by atoms with Crippen molar-refractivity contribution in [2.75, 3.05) is 12.3 Å². The maximum absolute atomic E-state index is 12.6. The monoisotopic (exact) mass is 491 g/mol. The summed E-state index contributed by atoms with van der Waals surface area (Å²) in [6.45, 7) is 5.14. The number of thiol groups is 1. The molecule has 190 valence electrons. The normalized spacial score (nSPS) is 15.5. The maximum Gasteiger partial charge on any atom is 0.326 e. The third kappa shape index (κ3) is 12.3. The Bertz CT molecular complexity index is 700. The lowest BCUT2D eigenvalue weighted by atomic mass is 10.0. The van der Waals surface area contributed by atoms with Gasteiger partial charge in [0, 0.05) is 12.3 Å². The molecule has 0 aliphatic heterocycles. The van der Waals surface area contributed by atoms with Crippen LogP contribution < -0.4 is 33.2 Å². The molecule has 0 heterocycles. The van der Waals surface area contributed by atoms with E-state index in [0.29, 0.717) is 13.0 Å². The Labute approximate surface area is 198 Å². The van der Waals surface area contributed by atoms with Crippen LogP contribution in [0.3, 0.4) is 0 Å². The van der Waals surface area contributed by atoms with E-state index >= 15 is 0 Å². The number of aliphatic hydroxyl groups is 1. The van der Waals surface area contributed by atoms with Crippen molar-refractivity contribution in [3.63, 3.8) is 0 Å². The summed E-state index contributed by atoms with van der Waals surface area (Å²) in [7, 11) is 0. The van der Waals surface area contributed by atoms with Gasteiger partial charge in [-0.3, -0.25) is 19.4 Å². The van der Waals surface area contributed by atoms with Gasteiger partial charge in [0.15, 0.2) is 5.96 Å². The highest BCUT2D eigenvalue weighted by Gasteiger charge is 2.32. The first-order valence-electron chi connectivity index (χ1n) is 10.5. The Morgan fingerprint density at radius 1 is 0.970 bits per heavy atom. The first-order valence-corrected chi connectivity index (χ1v) is 11.2. The molecule has 0 fully saturated rings. The lowest BCUT2D eigenvalue weighted by Crippen LogP contribution is -2.60. The Hall–Kier alpha value is -2.58. The van der Waals surface area contributed by atoms with E-state index < -0.39 is 54.0 Å². The van der Waals surface area contributed by atoms with E-state index in [1.54, 1.807) is 13.8 Å². The molecule has 11 N–H and O–H groups in total. The van der Waals surface area contributed by atoms with Crippen LogP contribution in [0.15, 0.2) is 4.99 Å². The summed E-state index contributed by atoms with van der Waals surface area (Å²) in [5.41, 5.74) is 16.3. The molecule has 3 amide bonds. The summed E-state index contributed by atoms with van der Waals surface area (Å²) in [5, 5.41) is 26.4. The number of hydrogen-bond acceptors (Lipinski definition) is 8. The number of aliphatic imine (C=N–C) groups is 1. The topological polar surface area (TPSA) is 235 Å². The van der Waals surface area contributed by atoms with Crippen LogP contribution in [-0.4, -0.2) is 82.4 Å². The molecule has 0 radical (unpaired) electrons. The van der Waals surface area contributed by atoms with Crippen LogP contribution >= 0.6 is 12.6 Å². The van der Waals surface area contributed by atoms with Gasteiger partial charge in [-0.05, 0) is 32.1 Å². The third-order valence-electron chi connectivity index (χ3n) is 4.50. The Morgan fingerprint density at radius 2 is 1.55 bits per heavy atom. The van der Waals surface area contributed by atoms with Crippen LogP contribution in [0, 0.1) is 5.92 Å². The van der Waals surface area contributed by atoms with E-state index in [1.807, 2.05) is 0 Å². The Balaban J connectivity index is 5.06. The van der Waals surface area contributed by atoms with Crippen LogP contribution in [0.2, 0.25) is 0 Å². The molecular formula is C19H37N7O6S. The van der Waals surface area contributed by atoms with E-state index in [-0.39, 0.29) is 30.5 Å². The van der Waals surface area contributed by atoms with Gasteiger partial charge in [-0.2, -0.15) is 12.6 Å². The SMILES string of the molecule is CC(C)CC(NC(=O)C(NC(=O)C(CS)NC(=O)C(N)CCCN=C(N)N)C(C)O)C(=O)O. The summed E-state index contributed by atoms with van der Waals surface area (Å²) >= 11 is 4.05. The molecule has 0 aliphatic carbocycles. The molecule has 0 aromatic carbocycles. The van der Waals surface area contributed by atoms with Crippen molar-refractivity contribution >= 4 is 42.3 Å². The van der Waals surface area contributed by atoms with Gasteiger partial charge in [0.05, 0.1) is 12.1 Å². The molecule has 33 heavy (non-hydrogen) atoms. The molecule has 0 spiro atoms. The fourth-order valence-corrected chi connectivity index (χ4v) is 2.99. The number of aliphatic hydroxyl groups excluding tert-OH is 1. The van der Waals surface area contributed by atoms with Crippen LogP contribution in [-0.2, 0) is 19.2 Å².